The molecule has 0 aliphatic carbocycles. The Bertz CT molecular complexity index is 564. The van der Waals surface area contributed by atoms with Crippen LogP contribution in [0.1, 0.15) is 26.2 Å². The summed E-state index contributed by atoms with van der Waals surface area (Å²) in [6, 6.07) is -5.18. The summed E-state index contributed by atoms with van der Waals surface area (Å²) in [7, 11) is 0. The smallest absolute Gasteiger partial charge is 0.327 e. The SMILES string of the molecule is CC(O)C(NC(=O)C(N)CCCCN)C(=O)NC(CO)C(=O)NC(CS)C(=O)O. The Kier molecular flexibility index (Phi) is 13.2. The van der Waals surface area contributed by atoms with Crippen LogP contribution in [0.4, 0.5) is 0 Å². The van der Waals surface area contributed by atoms with Crippen molar-refractivity contribution in [1.29, 1.82) is 0 Å². The Morgan fingerprint density at radius 1 is 1.00 bits per heavy atom. The number of aliphatic hydroxyl groups excluding tert-OH is 2. The van der Waals surface area contributed by atoms with E-state index in [1.165, 1.54) is 6.92 Å². The third-order valence-electron chi connectivity index (χ3n) is 3.98. The normalized spacial score (nSPS) is 16.1. The zero-order chi connectivity index (χ0) is 22.6. The van der Waals surface area contributed by atoms with E-state index in [4.69, 9.17) is 16.6 Å². The molecule has 0 bridgehead atoms. The molecule has 0 aromatic heterocycles. The van der Waals surface area contributed by atoms with Gasteiger partial charge in [-0.05, 0) is 26.3 Å². The van der Waals surface area contributed by atoms with Gasteiger partial charge in [-0.1, -0.05) is 6.42 Å². The Morgan fingerprint density at radius 3 is 2.03 bits per heavy atom. The van der Waals surface area contributed by atoms with E-state index in [9.17, 15) is 29.4 Å². The summed E-state index contributed by atoms with van der Waals surface area (Å²) in [5, 5.41) is 34.7. The molecule has 0 rings (SSSR count). The highest BCUT2D eigenvalue weighted by Crippen LogP contribution is 2.01. The molecule has 0 heterocycles. The Hall–Kier alpha value is -1.93. The maximum absolute atomic E-state index is 12.4. The number of hydrogen-bond donors (Lipinski definition) is 9. The highest BCUT2D eigenvalue weighted by Gasteiger charge is 2.31. The zero-order valence-corrected chi connectivity index (χ0v) is 17.1. The summed E-state index contributed by atoms with van der Waals surface area (Å²) in [5.74, 6) is -4.13. The summed E-state index contributed by atoms with van der Waals surface area (Å²) in [6.45, 7) is 0.864. The van der Waals surface area contributed by atoms with Gasteiger partial charge in [0.05, 0.1) is 18.8 Å². The minimum Gasteiger partial charge on any atom is -0.480 e. The van der Waals surface area contributed by atoms with Crippen LogP contribution in [0, 0.1) is 0 Å². The van der Waals surface area contributed by atoms with Gasteiger partial charge in [0.25, 0.3) is 0 Å². The van der Waals surface area contributed by atoms with E-state index >= 15 is 0 Å². The number of unbranched alkanes of at least 4 members (excludes halogenated alkanes) is 1. The Labute approximate surface area is 174 Å². The predicted molar refractivity (Wildman–Crippen MR) is 107 cm³/mol. The molecule has 0 radical (unpaired) electrons. The van der Waals surface area contributed by atoms with Gasteiger partial charge in [0, 0.05) is 5.75 Å². The average molecular weight is 438 g/mol. The van der Waals surface area contributed by atoms with Crippen LogP contribution >= 0.6 is 12.6 Å². The van der Waals surface area contributed by atoms with Crippen molar-refractivity contribution in [3.63, 3.8) is 0 Å². The first-order valence-electron chi connectivity index (χ1n) is 9.08. The van der Waals surface area contributed by atoms with Gasteiger partial charge >= 0.3 is 5.97 Å². The number of aliphatic hydroxyl groups is 2. The second kappa shape index (κ2) is 14.1. The lowest BCUT2D eigenvalue weighted by atomic mass is 10.1. The van der Waals surface area contributed by atoms with E-state index in [1.807, 2.05) is 0 Å². The minimum atomic E-state index is -1.50. The number of thiol groups is 1. The van der Waals surface area contributed by atoms with Gasteiger partial charge in [0.15, 0.2) is 0 Å². The van der Waals surface area contributed by atoms with Crippen molar-refractivity contribution in [2.24, 2.45) is 11.5 Å². The number of nitrogens with two attached hydrogens (primary N) is 2. The second-order valence-electron chi connectivity index (χ2n) is 6.44. The number of carbonyl (C=O) groups excluding carboxylic acids is 3. The van der Waals surface area contributed by atoms with Gasteiger partial charge in [-0.3, -0.25) is 14.4 Å². The standard InChI is InChI=1S/C16H31N5O7S/c1-8(23)12(21-13(24)9(18)4-2-3-5-17)15(26)19-10(6-22)14(25)20-11(7-29)16(27)28/h8-12,22-23,29H,2-7,17-18H2,1H3,(H,19,26)(H,20,25)(H,21,24)(H,27,28). The molecule has 0 aromatic carbocycles. The zero-order valence-electron chi connectivity index (χ0n) is 16.2. The fraction of sp³-hybridized carbons (Fsp3) is 0.750. The monoisotopic (exact) mass is 437 g/mol. The van der Waals surface area contributed by atoms with Gasteiger partial charge in [0.2, 0.25) is 17.7 Å². The summed E-state index contributed by atoms with van der Waals surface area (Å²) >= 11 is 3.80. The molecule has 168 valence electrons. The van der Waals surface area contributed by atoms with Crippen LogP contribution in [0.2, 0.25) is 0 Å². The molecule has 0 aliphatic rings. The van der Waals surface area contributed by atoms with Crippen LogP contribution in [-0.2, 0) is 19.2 Å². The van der Waals surface area contributed by atoms with Gasteiger partial charge < -0.3 is 42.7 Å². The van der Waals surface area contributed by atoms with Gasteiger partial charge in [0.1, 0.15) is 18.1 Å². The number of carboxylic acids is 1. The number of nitrogens with one attached hydrogen (secondary N) is 3. The first kappa shape index (κ1) is 27.1. The molecule has 5 unspecified atom stereocenters. The van der Waals surface area contributed by atoms with E-state index < -0.39 is 60.6 Å². The van der Waals surface area contributed by atoms with E-state index in [0.717, 1.165) is 0 Å². The summed E-state index contributed by atoms with van der Waals surface area (Å²) < 4.78 is 0. The molecule has 0 spiro atoms. The maximum atomic E-state index is 12.4. The van der Waals surface area contributed by atoms with Crippen molar-refractivity contribution >= 4 is 36.3 Å². The van der Waals surface area contributed by atoms with Crippen molar-refractivity contribution in [3.8, 4) is 0 Å². The molecule has 3 amide bonds. The van der Waals surface area contributed by atoms with Gasteiger partial charge in [-0.15, -0.1) is 0 Å². The van der Waals surface area contributed by atoms with Crippen LogP contribution in [0.3, 0.4) is 0 Å². The van der Waals surface area contributed by atoms with E-state index in [1.54, 1.807) is 0 Å². The minimum absolute atomic E-state index is 0.207. The molecular weight excluding hydrogens is 406 g/mol. The summed E-state index contributed by atoms with van der Waals surface area (Å²) in [5.41, 5.74) is 11.1. The second-order valence-corrected chi connectivity index (χ2v) is 6.81. The molecule has 12 nitrogen and oxygen atoms in total. The number of carbonyl (C=O) groups is 4. The topological polar surface area (TPSA) is 217 Å². The summed E-state index contributed by atoms with van der Waals surface area (Å²) in [6.07, 6.45) is 0.290. The van der Waals surface area contributed by atoms with Crippen LogP contribution in [0.25, 0.3) is 0 Å². The molecule has 0 aromatic rings. The fourth-order valence-corrected chi connectivity index (χ4v) is 2.47. The predicted octanol–water partition coefficient (Wildman–Crippen LogP) is -3.72. The number of aliphatic carboxylic acids is 1. The average Bonchev–Trinajstić information content (AvgIpc) is 2.67. The molecule has 0 saturated carbocycles. The number of rotatable bonds is 14. The lowest BCUT2D eigenvalue weighted by molar-refractivity contribution is -0.142. The molecule has 10 N–H and O–H groups in total. The third-order valence-corrected chi connectivity index (χ3v) is 4.35. The molecule has 0 aliphatic heterocycles. The molecule has 0 fully saturated rings. The molecular formula is C16H31N5O7S. The van der Waals surface area contributed by atoms with E-state index in [0.29, 0.717) is 25.8 Å². The van der Waals surface area contributed by atoms with Crippen molar-refractivity contribution in [3.05, 3.63) is 0 Å². The lowest BCUT2D eigenvalue weighted by Gasteiger charge is -2.25. The van der Waals surface area contributed by atoms with Gasteiger partial charge in [-0.25, -0.2) is 4.79 Å². The van der Waals surface area contributed by atoms with Gasteiger partial charge in [-0.2, -0.15) is 12.6 Å². The Balaban J connectivity index is 4.99. The van der Waals surface area contributed by atoms with Crippen LogP contribution < -0.4 is 27.4 Å². The maximum Gasteiger partial charge on any atom is 0.327 e. The van der Waals surface area contributed by atoms with Crippen molar-refractivity contribution in [2.75, 3.05) is 18.9 Å². The van der Waals surface area contributed by atoms with Crippen molar-refractivity contribution in [2.45, 2.75) is 56.5 Å². The van der Waals surface area contributed by atoms with E-state index in [-0.39, 0.29) is 5.75 Å². The molecule has 13 heteroatoms. The van der Waals surface area contributed by atoms with Crippen LogP contribution in [0.15, 0.2) is 0 Å². The van der Waals surface area contributed by atoms with Crippen LogP contribution in [-0.4, -0.2) is 88.2 Å². The number of carboxylic acid groups (broad SMARTS) is 1. The molecule has 5 atom stereocenters. The van der Waals surface area contributed by atoms with Crippen LogP contribution in [0.5, 0.6) is 0 Å². The molecule has 29 heavy (non-hydrogen) atoms. The molecule has 0 saturated heterocycles. The quantitative estimate of drug-likeness (QED) is 0.0962. The highest BCUT2D eigenvalue weighted by molar-refractivity contribution is 7.80. The Morgan fingerprint density at radius 2 is 1.59 bits per heavy atom. The fourth-order valence-electron chi connectivity index (χ4n) is 2.22. The largest absolute Gasteiger partial charge is 0.480 e. The third kappa shape index (κ3) is 9.89. The first-order valence-corrected chi connectivity index (χ1v) is 9.71. The highest BCUT2D eigenvalue weighted by atomic mass is 32.1. The lowest BCUT2D eigenvalue weighted by Crippen LogP contribution is -2.60. The number of amides is 3. The first-order chi connectivity index (χ1) is 13.6. The summed E-state index contributed by atoms with van der Waals surface area (Å²) in [4.78, 5) is 47.6. The van der Waals surface area contributed by atoms with E-state index in [2.05, 4.69) is 28.6 Å². The van der Waals surface area contributed by atoms with Crippen molar-refractivity contribution in [1.82, 2.24) is 16.0 Å². The van der Waals surface area contributed by atoms with Crippen molar-refractivity contribution < 1.29 is 34.5 Å². The number of hydrogen-bond acceptors (Lipinski definition) is 9.